The van der Waals surface area contributed by atoms with Gasteiger partial charge in [0.1, 0.15) is 0 Å². The van der Waals surface area contributed by atoms with E-state index >= 15 is 0 Å². The Hall–Kier alpha value is -0.0400. The van der Waals surface area contributed by atoms with Gasteiger partial charge >= 0.3 is 0 Å². The van der Waals surface area contributed by atoms with Crippen LogP contribution in [-0.4, -0.2) is 37.7 Å². The van der Waals surface area contributed by atoms with Crippen LogP contribution in [0.5, 0.6) is 0 Å². The summed E-state index contributed by atoms with van der Waals surface area (Å²) in [5.74, 6) is 2.68. The molecule has 0 unspecified atom stereocenters. The molecule has 1 fully saturated rings. The van der Waals surface area contributed by atoms with Crippen molar-refractivity contribution in [3.8, 4) is 0 Å². The number of halogens is 1. The second-order valence-electron chi connectivity index (χ2n) is 7.68. The van der Waals surface area contributed by atoms with Crippen LogP contribution in [0.3, 0.4) is 0 Å². The highest BCUT2D eigenvalue weighted by atomic mass is 127. The molecule has 132 valence electrons. The Labute approximate surface area is 154 Å². The zero-order chi connectivity index (χ0) is 15.9. The van der Waals surface area contributed by atoms with Crippen LogP contribution >= 0.6 is 24.0 Å². The summed E-state index contributed by atoms with van der Waals surface area (Å²) >= 11 is 0. The summed E-state index contributed by atoms with van der Waals surface area (Å²) in [5, 5.41) is 10.5. The maximum Gasteiger partial charge on any atom is 0.191 e. The van der Waals surface area contributed by atoms with Gasteiger partial charge in [-0.3, -0.25) is 4.99 Å². The Morgan fingerprint density at radius 2 is 1.68 bits per heavy atom. The van der Waals surface area contributed by atoms with E-state index in [9.17, 15) is 0 Å². The van der Waals surface area contributed by atoms with Crippen LogP contribution in [-0.2, 0) is 0 Å². The first-order chi connectivity index (χ1) is 9.81. The molecule has 0 heterocycles. The number of nitrogens with one attached hydrogen (secondary N) is 3. The number of hydrogen-bond acceptors (Lipinski definition) is 2. The standard InChI is InChI=1S/C17H36N4.HI/c1-13(2)14-7-9-15(10-8-14)21-16(18-6)19-11-12-20-17(3,4)5;/h13-15,20H,7-12H2,1-6H3,(H2,18,19,21);1H. The molecule has 0 amide bonds. The van der Waals surface area contributed by atoms with Crippen LogP contribution in [0.25, 0.3) is 0 Å². The average molecular weight is 424 g/mol. The molecular weight excluding hydrogens is 387 g/mol. The number of hydrogen-bond donors (Lipinski definition) is 3. The third-order valence-electron chi connectivity index (χ3n) is 4.35. The Bertz CT molecular complexity index is 315. The lowest BCUT2D eigenvalue weighted by molar-refractivity contribution is 0.250. The minimum atomic E-state index is 0. The van der Waals surface area contributed by atoms with E-state index in [1.165, 1.54) is 25.7 Å². The van der Waals surface area contributed by atoms with Crippen LogP contribution in [0.4, 0.5) is 0 Å². The summed E-state index contributed by atoms with van der Waals surface area (Å²) in [6.07, 6.45) is 5.23. The first-order valence-electron chi connectivity index (χ1n) is 8.54. The molecule has 1 aliphatic carbocycles. The fourth-order valence-electron chi connectivity index (χ4n) is 2.94. The summed E-state index contributed by atoms with van der Waals surface area (Å²) < 4.78 is 0. The van der Waals surface area contributed by atoms with E-state index in [2.05, 4.69) is 55.6 Å². The second kappa shape index (κ2) is 10.7. The van der Waals surface area contributed by atoms with Gasteiger partial charge in [-0.15, -0.1) is 24.0 Å². The zero-order valence-electron chi connectivity index (χ0n) is 15.3. The van der Waals surface area contributed by atoms with Crippen molar-refractivity contribution in [2.24, 2.45) is 16.8 Å². The maximum absolute atomic E-state index is 4.34. The summed E-state index contributed by atoms with van der Waals surface area (Å²) in [4.78, 5) is 4.34. The van der Waals surface area contributed by atoms with E-state index in [0.29, 0.717) is 6.04 Å². The number of nitrogens with zero attached hydrogens (tertiary/aromatic N) is 1. The average Bonchev–Trinajstić information content (AvgIpc) is 2.41. The minimum Gasteiger partial charge on any atom is -0.355 e. The number of aliphatic imine (C=N–C) groups is 1. The Morgan fingerprint density at radius 3 is 2.14 bits per heavy atom. The third-order valence-corrected chi connectivity index (χ3v) is 4.35. The molecule has 1 saturated carbocycles. The van der Waals surface area contributed by atoms with E-state index in [1.807, 2.05) is 7.05 Å². The normalized spacial score (nSPS) is 23.1. The quantitative estimate of drug-likeness (QED) is 0.275. The number of rotatable bonds is 5. The molecule has 0 aromatic heterocycles. The van der Waals surface area contributed by atoms with Gasteiger partial charge in [-0.2, -0.15) is 0 Å². The molecule has 5 heteroatoms. The van der Waals surface area contributed by atoms with E-state index in [1.54, 1.807) is 0 Å². The van der Waals surface area contributed by atoms with Gasteiger partial charge in [-0.25, -0.2) is 0 Å². The van der Waals surface area contributed by atoms with Crippen LogP contribution in [0.2, 0.25) is 0 Å². The molecule has 0 atom stereocenters. The van der Waals surface area contributed by atoms with Crippen LogP contribution in [0.15, 0.2) is 4.99 Å². The molecule has 0 radical (unpaired) electrons. The molecule has 1 rings (SSSR count). The van der Waals surface area contributed by atoms with E-state index in [0.717, 1.165) is 30.9 Å². The first kappa shape index (κ1) is 22.0. The van der Waals surface area contributed by atoms with Gasteiger partial charge < -0.3 is 16.0 Å². The summed E-state index contributed by atoms with van der Waals surface area (Å²) in [6.45, 7) is 13.1. The Kier molecular flexibility index (Phi) is 10.7. The molecule has 1 aliphatic rings. The van der Waals surface area contributed by atoms with Crippen molar-refractivity contribution in [2.75, 3.05) is 20.1 Å². The lowest BCUT2D eigenvalue weighted by Gasteiger charge is -2.32. The molecule has 0 spiro atoms. The fraction of sp³-hybridized carbons (Fsp3) is 0.941. The SMILES string of the molecule is CN=C(NCCNC(C)(C)C)NC1CCC(C(C)C)CC1.I. The van der Waals surface area contributed by atoms with Gasteiger partial charge in [0.25, 0.3) is 0 Å². The van der Waals surface area contributed by atoms with Crippen molar-refractivity contribution in [1.82, 2.24) is 16.0 Å². The monoisotopic (exact) mass is 424 g/mol. The van der Waals surface area contributed by atoms with Crippen LogP contribution in [0, 0.1) is 11.8 Å². The molecule has 0 aliphatic heterocycles. The highest BCUT2D eigenvalue weighted by Crippen LogP contribution is 2.29. The van der Waals surface area contributed by atoms with Gasteiger partial charge in [-0.05, 0) is 58.3 Å². The molecule has 3 N–H and O–H groups in total. The van der Waals surface area contributed by atoms with Gasteiger partial charge in [-0.1, -0.05) is 13.8 Å². The molecule has 0 aromatic rings. The van der Waals surface area contributed by atoms with Gasteiger partial charge in [0, 0.05) is 31.7 Å². The van der Waals surface area contributed by atoms with Crippen molar-refractivity contribution in [3.05, 3.63) is 0 Å². The van der Waals surface area contributed by atoms with Gasteiger partial charge in [0.2, 0.25) is 0 Å². The van der Waals surface area contributed by atoms with Crippen molar-refractivity contribution >= 4 is 29.9 Å². The fourth-order valence-corrected chi connectivity index (χ4v) is 2.94. The smallest absolute Gasteiger partial charge is 0.191 e. The highest BCUT2D eigenvalue weighted by molar-refractivity contribution is 14.0. The third kappa shape index (κ3) is 9.18. The van der Waals surface area contributed by atoms with Gasteiger partial charge in [0.15, 0.2) is 5.96 Å². The topological polar surface area (TPSA) is 48.5 Å². The Balaban J connectivity index is 0.00000441. The molecule has 0 aromatic carbocycles. The van der Waals surface area contributed by atoms with Crippen molar-refractivity contribution in [3.63, 3.8) is 0 Å². The predicted molar refractivity (Wildman–Crippen MR) is 108 cm³/mol. The Morgan fingerprint density at radius 1 is 1.09 bits per heavy atom. The van der Waals surface area contributed by atoms with Crippen LogP contribution < -0.4 is 16.0 Å². The number of guanidine groups is 1. The molecule has 22 heavy (non-hydrogen) atoms. The largest absolute Gasteiger partial charge is 0.355 e. The van der Waals surface area contributed by atoms with E-state index < -0.39 is 0 Å². The maximum atomic E-state index is 4.34. The molecular formula is C17H37IN4. The minimum absolute atomic E-state index is 0. The molecule has 4 nitrogen and oxygen atoms in total. The van der Waals surface area contributed by atoms with Crippen molar-refractivity contribution < 1.29 is 0 Å². The molecule has 0 bridgehead atoms. The van der Waals surface area contributed by atoms with Crippen molar-refractivity contribution in [2.45, 2.75) is 71.9 Å². The second-order valence-corrected chi connectivity index (χ2v) is 7.68. The summed E-state index contributed by atoms with van der Waals surface area (Å²) in [7, 11) is 1.85. The lowest BCUT2D eigenvalue weighted by atomic mass is 9.80. The predicted octanol–water partition coefficient (Wildman–Crippen LogP) is 3.37. The summed E-state index contributed by atoms with van der Waals surface area (Å²) in [6, 6.07) is 0.585. The summed E-state index contributed by atoms with van der Waals surface area (Å²) in [5.41, 5.74) is 0.174. The lowest BCUT2D eigenvalue weighted by Crippen LogP contribution is -2.48. The van der Waals surface area contributed by atoms with E-state index in [4.69, 9.17) is 0 Å². The zero-order valence-corrected chi connectivity index (χ0v) is 17.7. The van der Waals surface area contributed by atoms with E-state index in [-0.39, 0.29) is 29.5 Å². The van der Waals surface area contributed by atoms with Crippen molar-refractivity contribution in [1.29, 1.82) is 0 Å². The van der Waals surface area contributed by atoms with Crippen LogP contribution in [0.1, 0.15) is 60.3 Å². The molecule has 0 saturated heterocycles. The van der Waals surface area contributed by atoms with Gasteiger partial charge in [0.05, 0.1) is 0 Å². The highest BCUT2D eigenvalue weighted by Gasteiger charge is 2.23. The first-order valence-corrected chi connectivity index (χ1v) is 8.54.